The number of pyridine rings is 1. The van der Waals surface area contributed by atoms with Gasteiger partial charge in [-0.2, -0.15) is 9.78 Å². The molecule has 2 aromatic heterocycles. The van der Waals surface area contributed by atoms with Gasteiger partial charge in [0, 0.05) is 17.6 Å². The number of aromatic nitrogens is 3. The Balaban J connectivity index is 1.62. The summed E-state index contributed by atoms with van der Waals surface area (Å²) in [6.07, 6.45) is 1.63. The van der Waals surface area contributed by atoms with Crippen molar-refractivity contribution >= 4 is 22.6 Å². The largest absolute Gasteiger partial charge is 0.497 e. The standard InChI is InChI=1S/C25H23N5O5/c1-34-17-10-11-20(21(13-17)35-2)30-25(33)19-9-4-3-8-18(19)23(29-30)24(32)28-15-22(31)27-14-16-7-5-6-12-26-16/h3-13H,14-15H2,1-2H3,(H,27,31)(H,28,32). The van der Waals surface area contributed by atoms with Gasteiger partial charge in [0.1, 0.15) is 17.2 Å². The number of nitrogens with one attached hydrogen (secondary N) is 2. The fraction of sp³-hybridized carbons (Fsp3) is 0.160. The summed E-state index contributed by atoms with van der Waals surface area (Å²) < 4.78 is 11.7. The summed E-state index contributed by atoms with van der Waals surface area (Å²) in [5.41, 5.74) is 0.607. The lowest BCUT2D eigenvalue weighted by atomic mass is 10.1. The van der Waals surface area contributed by atoms with Crippen LogP contribution in [0, 0.1) is 0 Å². The van der Waals surface area contributed by atoms with E-state index in [0.717, 1.165) is 4.68 Å². The Morgan fingerprint density at radius 3 is 2.43 bits per heavy atom. The van der Waals surface area contributed by atoms with E-state index >= 15 is 0 Å². The molecule has 35 heavy (non-hydrogen) atoms. The van der Waals surface area contributed by atoms with E-state index in [4.69, 9.17) is 9.47 Å². The second-order valence-electron chi connectivity index (χ2n) is 7.43. The van der Waals surface area contributed by atoms with Crippen LogP contribution >= 0.6 is 0 Å². The molecule has 2 N–H and O–H groups in total. The van der Waals surface area contributed by atoms with Gasteiger partial charge in [0.05, 0.1) is 38.4 Å². The van der Waals surface area contributed by atoms with E-state index in [1.807, 2.05) is 6.07 Å². The first-order valence-corrected chi connectivity index (χ1v) is 10.7. The van der Waals surface area contributed by atoms with E-state index in [0.29, 0.717) is 33.7 Å². The highest BCUT2D eigenvalue weighted by atomic mass is 16.5. The van der Waals surface area contributed by atoms with Gasteiger partial charge in [0.15, 0.2) is 5.69 Å². The van der Waals surface area contributed by atoms with Crippen LogP contribution in [0.15, 0.2) is 71.7 Å². The topological polar surface area (TPSA) is 124 Å². The minimum absolute atomic E-state index is 0.00408. The van der Waals surface area contributed by atoms with E-state index in [9.17, 15) is 14.4 Å². The maximum Gasteiger partial charge on any atom is 0.279 e. The summed E-state index contributed by atoms with van der Waals surface area (Å²) in [6, 6.07) is 16.9. The predicted octanol–water partition coefficient (Wildman–Crippen LogP) is 1.84. The Hall–Kier alpha value is -4.73. The van der Waals surface area contributed by atoms with Crippen molar-refractivity contribution in [2.45, 2.75) is 6.54 Å². The summed E-state index contributed by atoms with van der Waals surface area (Å²) in [7, 11) is 2.98. The van der Waals surface area contributed by atoms with Crippen LogP contribution in [-0.2, 0) is 11.3 Å². The van der Waals surface area contributed by atoms with E-state index < -0.39 is 17.4 Å². The van der Waals surface area contributed by atoms with Crippen LogP contribution in [0.4, 0.5) is 0 Å². The van der Waals surface area contributed by atoms with Crippen LogP contribution in [0.5, 0.6) is 11.5 Å². The molecule has 2 amide bonds. The zero-order chi connectivity index (χ0) is 24.8. The number of hydrogen-bond donors (Lipinski definition) is 2. The first kappa shape index (κ1) is 23.4. The van der Waals surface area contributed by atoms with Gasteiger partial charge in [-0.3, -0.25) is 19.4 Å². The number of methoxy groups -OCH3 is 2. The Bertz CT molecular complexity index is 1440. The third kappa shape index (κ3) is 5.11. The molecule has 0 unspecified atom stereocenters. The fourth-order valence-corrected chi connectivity index (χ4v) is 3.48. The molecular weight excluding hydrogens is 450 g/mol. The van der Waals surface area contributed by atoms with Crippen LogP contribution in [0.3, 0.4) is 0 Å². The van der Waals surface area contributed by atoms with Crippen LogP contribution in [0.1, 0.15) is 16.2 Å². The Kier molecular flexibility index (Phi) is 7.01. The van der Waals surface area contributed by atoms with Crippen LogP contribution in [0.2, 0.25) is 0 Å². The molecule has 10 heteroatoms. The molecule has 0 saturated heterocycles. The van der Waals surface area contributed by atoms with Crippen molar-refractivity contribution in [3.63, 3.8) is 0 Å². The molecule has 0 aliphatic carbocycles. The third-order valence-corrected chi connectivity index (χ3v) is 5.24. The summed E-state index contributed by atoms with van der Waals surface area (Å²) in [6.45, 7) is -0.0362. The molecule has 178 valence electrons. The van der Waals surface area contributed by atoms with Gasteiger partial charge in [-0.05, 0) is 30.3 Å². The van der Waals surface area contributed by atoms with E-state index in [2.05, 4.69) is 20.7 Å². The van der Waals surface area contributed by atoms with Crippen molar-refractivity contribution in [2.75, 3.05) is 20.8 Å². The predicted molar refractivity (Wildman–Crippen MR) is 129 cm³/mol. The summed E-state index contributed by atoms with van der Waals surface area (Å²) >= 11 is 0. The lowest BCUT2D eigenvalue weighted by Crippen LogP contribution is -2.38. The first-order valence-electron chi connectivity index (χ1n) is 10.7. The number of benzene rings is 2. The Labute approximate surface area is 200 Å². The number of nitrogens with zero attached hydrogens (tertiary/aromatic N) is 3. The van der Waals surface area contributed by atoms with Crippen molar-refractivity contribution < 1.29 is 19.1 Å². The minimum Gasteiger partial charge on any atom is -0.497 e. The number of rotatable bonds is 8. The number of carbonyl (C=O) groups excluding carboxylic acids is 2. The molecule has 0 aliphatic rings. The van der Waals surface area contributed by atoms with Gasteiger partial charge in [-0.25, -0.2) is 0 Å². The minimum atomic E-state index is -0.601. The SMILES string of the molecule is COc1ccc(-n2nc(C(=O)NCC(=O)NCc3ccccn3)c3ccccc3c2=O)c(OC)c1. The molecule has 4 aromatic rings. The van der Waals surface area contributed by atoms with Gasteiger partial charge in [-0.15, -0.1) is 0 Å². The number of ether oxygens (including phenoxy) is 2. The zero-order valence-electron chi connectivity index (χ0n) is 19.1. The molecule has 2 heterocycles. The molecule has 0 aliphatic heterocycles. The van der Waals surface area contributed by atoms with Gasteiger partial charge < -0.3 is 20.1 Å². The van der Waals surface area contributed by atoms with Gasteiger partial charge in [0.2, 0.25) is 5.91 Å². The normalized spacial score (nSPS) is 10.6. The summed E-state index contributed by atoms with van der Waals surface area (Å²) in [5, 5.41) is 10.3. The van der Waals surface area contributed by atoms with Crippen molar-refractivity contribution in [3.05, 3.63) is 88.6 Å². The maximum atomic E-state index is 13.2. The monoisotopic (exact) mass is 473 g/mol. The van der Waals surface area contributed by atoms with Crippen LogP contribution in [0.25, 0.3) is 16.5 Å². The highest BCUT2D eigenvalue weighted by Crippen LogP contribution is 2.27. The molecule has 0 bridgehead atoms. The quantitative estimate of drug-likeness (QED) is 0.400. The van der Waals surface area contributed by atoms with Crippen LogP contribution < -0.4 is 25.7 Å². The van der Waals surface area contributed by atoms with Gasteiger partial charge in [0.25, 0.3) is 11.5 Å². The second kappa shape index (κ2) is 10.5. The molecule has 0 fully saturated rings. The molecular formula is C25H23N5O5. The number of fused-ring (bicyclic) bond motifs is 1. The average molecular weight is 473 g/mol. The summed E-state index contributed by atoms with van der Waals surface area (Å²) in [5.74, 6) is -0.113. The Morgan fingerprint density at radius 1 is 0.943 bits per heavy atom. The van der Waals surface area contributed by atoms with Crippen LogP contribution in [-0.4, -0.2) is 47.3 Å². The molecule has 0 atom stereocenters. The Morgan fingerprint density at radius 2 is 1.71 bits per heavy atom. The number of hydrogen-bond acceptors (Lipinski definition) is 7. The lowest BCUT2D eigenvalue weighted by Gasteiger charge is -2.14. The van der Waals surface area contributed by atoms with Crippen molar-refractivity contribution in [1.29, 1.82) is 0 Å². The molecule has 10 nitrogen and oxygen atoms in total. The number of carbonyl (C=O) groups is 2. The third-order valence-electron chi connectivity index (χ3n) is 5.24. The summed E-state index contributed by atoms with van der Waals surface area (Å²) in [4.78, 5) is 42.7. The fourth-order valence-electron chi connectivity index (χ4n) is 3.48. The highest BCUT2D eigenvalue weighted by molar-refractivity contribution is 6.05. The van der Waals surface area contributed by atoms with Crippen molar-refractivity contribution in [1.82, 2.24) is 25.4 Å². The molecule has 4 rings (SSSR count). The average Bonchev–Trinajstić information content (AvgIpc) is 2.91. The smallest absolute Gasteiger partial charge is 0.279 e. The molecule has 2 aromatic carbocycles. The van der Waals surface area contributed by atoms with E-state index in [1.165, 1.54) is 14.2 Å². The second-order valence-corrected chi connectivity index (χ2v) is 7.43. The van der Waals surface area contributed by atoms with Gasteiger partial charge in [-0.1, -0.05) is 24.3 Å². The van der Waals surface area contributed by atoms with Crippen molar-refractivity contribution in [3.8, 4) is 17.2 Å². The molecule has 0 saturated carbocycles. The number of amides is 2. The molecule has 0 radical (unpaired) electrons. The van der Waals surface area contributed by atoms with Crippen molar-refractivity contribution in [2.24, 2.45) is 0 Å². The van der Waals surface area contributed by atoms with E-state index in [1.54, 1.807) is 60.8 Å². The molecule has 0 spiro atoms. The first-order chi connectivity index (χ1) is 17.0. The zero-order valence-corrected chi connectivity index (χ0v) is 19.1. The van der Waals surface area contributed by atoms with Gasteiger partial charge >= 0.3 is 0 Å². The van der Waals surface area contributed by atoms with E-state index in [-0.39, 0.29) is 18.8 Å². The lowest BCUT2D eigenvalue weighted by molar-refractivity contribution is -0.120. The maximum absolute atomic E-state index is 13.2. The highest BCUT2D eigenvalue weighted by Gasteiger charge is 2.20.